The zero-order valence-corrected chi connectivity index (χ0v) is 14.7. The lowest BCUT2D eigenvalue weighted by Gasteiger charge is -2.04. The first-order chi connectivity index (χ1) is 11.2. The van der Waals surface area contributed by atoms with Crippen LogP contribution < -0.4 is 4.83 Å². The quantitative estimate of drug-likeness (QED) is 0.443. The van der Waals surface area contributed by atoms with E-state index in [-0.39, 0.29) is 26.4 Å². The zero-order chi connectivity index (χ0) is 17.9. The Morgan fingerprint density at radius 3 is 2.50 bits per heavy atom. The summed E-state index contributed by atoms with van der Waals surface area (Å²) in [6.07, 6.45) is 0.985. The smallest absolute Gasteiger partial charge is 0.276 e. The number of sulfonamides is 1. The summed E-state index contributed by atoms with van der Waals surface area (Å²) in [5.41, 5.74) is 0.619. The van der Waals surface area contributed by atoms with Crippen LogP contribution in [0.5, 0.6) is 5.75 Å². The largest absolute Gasteiger partial charge is 0.506 e. The van der Waals surface area contributed by atoms with Crippen molar-refractivity contribution in [1.82, 2.24) is 4.83 Å². The predicted octanol–water partition coefficient (Wildman–Crippen LogP) is 2.68. The molecule has 0 saturated heterocycles. The molecule has 0 aliphatic rings. The molecule has 0 atom stereocenters. The fourth-order valence-corrected chi connectivity index (χ4v) is 3.00. The first-order valence-corrected chi connectivity index (χ1v) is 8.77. The maximum atomic E-state index is 12.1. The van der Waals surface area contributed by atoms with E-state index in [0.717, 1.165) is 23.9 Å². The van der Waals surface area contributed by atoms with E-state index in [1.807, 2.05) is 11.8 Å². The van der Waals surface area contributed by atoms with Crippen LogP contribution in [-0.4, -0.2) is 24.7 Å². The van der Waals surface area contributed by atoms with Crippen LogP contribution in [0.25, 0.3) is 0 Å². The van der Waals surface area contributed by atoms with Crippen molar-refractivity contribution in [3.05, 3.63) is 62.1 Å². The van der Waals surface area contributed by atoms with E-state index in [1.165, 1.54) is 12.1 Å². The van der Waals surface area contributed by atoms with Gasteiger partial charge in [0.05, 0.1) is 20.5 Å². The first kappa shape index (κ1) is 17.9. The molecular formula is C14H12BrN3O5S. The minimum atomic E-state index is -3.87. The minimum Gasteiger partial charge on any atom is -0.506 e. The SMILES string of the molecule is Cc1ccc(S(=O)(=O)NN=Cc2cc([N+](=O)[O-])cc(Br)c2O)cc1. The lowest BCUT2D eigenvalue weighted by molar-refractivity contribution is -0.385. The zero-order valence-electron chi connectivity index (χ0n) is 12.3. The summed E-state index contributed by atoms with van der Waals surface area (Å²) < 4.78 is 24.2. The van der Waals surface area contributed by atoms with Gasteiger partial charge in [0.25, 0.3) is 15.7 Å². The van der Waals surface area contributed by atoms with Gasteiger partial charge >= 0.3 is 0 Å². The number of nitro groups is 1. The van der Waals surface area contributed by atoms with Gasteiger partial charge in [-0.15, -0.1) is 0 Å². The van der Waals surface area contributed by atoms with E-state index in [1.54, 1.807) is 12.1 Å². The van der Waals surface area contributed by atoms with Gasteiger partial charge in [-0.2, -0.15) is 13.5 Å². The standard InChI is InChI=1S/C14H12BrN3O5S/c1-9-2-4-12(5-3-9)24(22,23)17-16-8-10-6-11(18(20)21)7-13(15)14(10)19/h2-8,17,19H,1H3. The lowest BCUT2D eigenvalue weighted by atomic mass is 10.2. The molecule has 2 aromatic rings. The Kier molecular flexibility index (Phi) is 5.20. The second-order valence-corrected chi connectivity index (χ2v) is 7.30. The van der Waals surface area contributed by atoms with Crippen molar-refractivity contribution >= 4 is 37.9 Å². The third-order valence-electron chi connectivity index (χ3n) is 3.00. The summed E-state index contributed by atoms with van der Waals surface area (Å²) in [6.45, 7) is 1.82. The molecule has 24 heavy (non-hydrogen) atoms. The highest BCUT2D eigenvalue weighted by atomic mass is 79.9. The number of nitrogens with zero attached hydrogens (tertiary/aromatic N) is 2. The number of rotatable bonds is 5. The molecule has 0 spiro atoms. The molecule has 0 saturated carbocycles. The number of aryl methyl sites for hydroxylation is 1. The van der Waals surface area contributed by atoms with Crippen LogP contribution in [0.2, 0.25) is 0 Å². The van der Waals surface area contributed by atoms with E-state index in [9.17, 15) is 23.6 Å². The molecule has 0 fully saturated rings. The van der Waals surface area contributed by atoms with Gasteiger partial charge in [-0.25, -0.2) is 4.83 Å². The topological polar surface area (TPSA) is 122 Å². The summed E-state index contributed by atoms with van der Waals surface area (Å²) in [5, 5.41) is 24.2. The fraction of sp³-hybridized carbons (Fsp3) is 0.0714. The van der Waals surface area contributed by atoms with Gasteiger partial charge in [0.2, 0.25) is 0 Å². The van der Waals surface area contributed by atoms with Crippen molar-refractivity contribution in [2.24, 2.45) is 5.10 Å². The lowest BCUT2D eigenvalue weighted by Crippen LogP contribution is -2.18. The maximum absolute atomic E-state index is 12.1. The van der Waals surface area contributed by atoms with Crippen LogP contribution in [0.4, 0.5) is 5.69 Å². The number of aromatic hydroxyl groups is 1. The van der Waals surface area contributed by atoms with Crippen LogP contribution in [0, 0.1) is 17.0 Å². The van der Waals surface area contributed by atoms with Crippen molar-refractivity contribution in [2.75, 3.05) is 0 Å². The molecule has 10 heteroatoms. The van der Waals surface area contributed by atoms with Crippen molar-refractivity contribution in [3.63, 3.8) is 0 Å². The number of non-ortho nitro benzene ring substituents is 1. The predicted molar refractivity (Wildman–Crippen MR) is 91.6 cm³/mol. The van der Waals surface area contributed by atoms with Gasteiger partial charge in [-0.3, -0.25) is 10.1 Å². The van der Waals surface area contributed by atoms with Crippen LogP contribution in [0.1, 0.15) is 11.1 Å². The summed E-state index contributed by atoms with van der Waals surface area (Å²) in [4.78, 5) is 12.2. The number of hydrogen-bond acceptors (Lipinski definition) is 6. The fourth-order valence-electron chi connectivity index (χ4n) is 1.74. The number of phenolic OH excluding ortho intramolecular Hbond substituents is 1. The summed E-state index contributed by atoms with van der Waals surface area (Å²) in [7, 11) is -3.87. The minimum absolute atomic E-state index is 0.0114. The molecule has 0 aliphatic carbocycles. The highest BCUT2D eigenvalue weighted by Gasteiger charge is 2.15. The van der Waals surface area contributed by atoms with Gasteiger partial charge in [0, 0.05) is 17.7 Å². The number of nitrogens with one attached hydrogen (secondary N) is 1. The Bertz CT molecular complexity index is 911. The Balaban J connectivity index is 2.25. The Hall–Kier alpha value is -2.46. The van der Waals surface area contributed by atoms with Crippen LogP contribution in [0.3, 0.4) is 0 Å². The molecule has 2 N–H and O–H groups in total. The van der Waals surface area contributed by atoms with Gasteiger partial charge in [-0.1, -0.05) is 17.7 Å². The van der Waals surface area contributed by atoms with Crippen LogP contribution >= 0.6 is 15.9 Å². The molecule has 0 radical (unpaired) electrons. The van der Waals surface area contributed by atoms with E-state index in [0.29, 0.717) is 0 Å². The van der Waals surface area contributed by atoms with E-state index in [4.69, 9.17) is 0 Å². The van der Waals surface area contributed by atoms with Gasteiger partial charge < -0.3 is 5.11 Å². The molecule has 8 nitrogen and oxygen atoms in total. The van der Waals surface area contributed by atoms with Gasteiger partial charge in [-0.05, 0) is 35.0 Å². The first-order valence-electron chi connectivity index (χ1n) is 6.49. The average Bonchev–Trinajstić information content (AvgIpc) is 2.51. The average molecular weight is 414 g/mol. The highest BCUT2D eigenvalue weighted by molar-refractivity contribution is 9.10. The Labute approximate surface area is 146 Å². The molecule has 0 heterocycles. The number of benzene rings is 2. The molecule has 0 amide bonds. The van der Waals surface area contributed by atoms with Crippen LogP contribution in [0.15, 0.2) is 50.9 Å². The molecular weight excluding hydrogens is 402 g/mol. The van der Waals surface area contributed by atoms with E-state index < -0.39 is 14.9 Å². The normalized spacial score (nSPS) is 11.6. The Morgan fingerprint density at radius 2 is 1.92 bits per heavy atom. The maximum Gasteiger partial charge on any atom is 0.276 e. The van der Waals surface area contributed by atoms with Crippen molar-refractivity contribution in [1.29, 1.82) is 0 Å². The van der Waals surface area contributed by atoms with Crippen molar-refractivity contribution in [3.8, 4) is 5.75 Å². The number of halogens is 1. The summed E-state index contributed by atoms with van der Waals surface area (Å²) >= 11 is 2.99. The van der Waals surface area contributed by atoms with Gasteiger partial charge in [0.15, 0.2) is 0 Å². The van der Waals surface area contributed by atoms with Crippen molar-refractivity contribution < 1.29 is 18.4 Å². The van der Waals surface area contributed by atoms with Crippen LogP contribution in [-0.2, 0) is 10.0 Å². The van der Waals surface area contributed by atoms with Crippen molar-refractivity contribution in [2.45, 2.75) is 11.8 Å². The number of hydrazone groups is 1. The highest BCUT2D eigenvalue weighted by Crippen LogP contribution is 2.31. The number of hydrogen-bond donors (Lipinski definition) is 2. The third-order valence-corrected chi connectivity index (χ3v) is 4.84. The molecule has 126 valence electrons. The second-order valence-electron chi connectivity index (χ2n) is 4.79. The van der Waals surface area contributed by atoms with Gasteiger partial charge in [0.1, 0.15) is 5.75 Å². The molecule has 0 aromatic heterocycles. The number of nitro benzene ring substituents is 1. The third kappa shape index (κ3) is 4.09. The molecule has 0 bridgehead atoms. The monoisotopic (exact) mass is 413 g/mol. The molecule has 2 rings (SSSR count). The molecule has 0 aliphatic heterocycles. The second kappa shape index (κ2) is 6.97. The molecule has 2 aromatic carbocycles. The Morgan fingerprint density at radius 1 is 1.29 bits per heavy atom. The molecule has 0 unspecified atom stereocenters. The van der Waals surface area contributed by atoms with E-state index >= 15 is 0 Å². The number of phenols is 1. The van der Waals surface area contributed by atoms with E-state index in [2.05, 4.69) is 21.0 Å². The summed E-state index contributed by atoms with van der Waals surface area (Å²) in [6, 6.07) is 8.33. The summed E-state index contributed by atoms with van der Waals surface area (Å²) in [5.74, 6) is -0.293.